The van der Waals surface area contributed by atoms with Crippen LogP contribution >= 0.6 is 11.3 Å². The molecule has 4 nitrogen and oxygen atoms in total. The van der Waals surface area contributed by atoms with Gasteiger partial charge < -0.3 is 9.67 Å². The van der Waals surface area contributed by atoms with Crippen LogP contribution in [0.1, 0.15) is 20.1 Å². The van der Waals surface area contributed by atoms with Crippen LogP contribution in [-0.2, 0) is 6.54 Å². The molecule has 0 saturated heterocycles. The van der Waals surface area contributed by atoms with Gasteiger partial charge in [0.15, 0.2) is 0 Å². The first-order chi connectivity index (χ1) is 10.1. The van der Waals surface area contributed by atoms with Crippen LogP contribution in [-0.4, -0.2) is 20.6 Å². The van der Waals surface area contributed by atoms with Crippen LogP contribution in [0.2, 0.25) is 0 Å². The van der Waals surface area contributed by atoms with Gasteiger partial charge >= 0.3 is 5.97 Å². The molecular formula is C16H14N2O2S. The Labute approximate surface area is 126 Å². The number of carboxylic acids is 1. The van der Waals surface area contributed by atoms with Gasteiger partial charge in [-0.3, -0.25) is 0 Å². The van der Waals surface area contributed by atoms with E-state index in [1.54, 1.807) is 12.3 Å². The van der Waals surface area contributed by atoms with Crippen LogP contribution in [0, 0.1) is 6.92 Å². The van der Waals surface area contributed by atoms with Crippen LogP contribution in [0.25, 0.3) is 11.4 Å². The van der Waals surface area contributed by atoms with E-state index in [-0.39, 0.29) is 0 Å². The van der Waals surface area contributed by atoms with E-state index in [2.05, 4.69) is 4.98 Å². The third-order valence-corrected chi connectivity index (χ3v) is 4.40. The topological polar surface area (TPSA) is 55.1 Å². The van der Waals surface area contributed by atoms with E-state index in [0.717, 1.165) is 21.8 Å². The Morgan fingerprint density at radius 3 is 2.76 bits per heavy atom. The van der Waals surface area contributed by atoms with E-state index < -0.39 is 5.97 Å². The van der Waals surface area contributed by atoms with Crippen LogP contribution in [0.5, 0.6) is 0 Å². The van der Waals surface area contributed by atoms with Crippen molar-refractivity contribution in [2.45, 2.75) is 13.5 Å². The average molecular weight is 298 g/mol. The molecule has 0 radical (unpaired) electrons. The summed E-state index contributed by atoms with van der Waals surface area (Å²) in [6, 6.07) is 11.7. The first-order valence-electron chi connectivity index (χ1n) is 6.54. The Morgan fingerprint density at radius 1 is 1.33 bits per heavy atom. The summed E-state index contributed by atoms with van der Waals surface area (Å²) >= 11 is 1.31. The van der Waals surface area contributed by atoms with Crippen molar-refractivity contribution in [3.63, 3.8) is 0 Å². The van der Waals surface area contributed by atoms with E-state index in [1.807, 2.05) is 48.0 Å². The van der Waals surface area contributed by atoms with Crippen molar-refractivity contribution in [2.24, 2.45) is 0 Å². The average Bonchev–Trinajstić information content (AvgIpc) is 3.08. The molecule has 0 bridgehead atoms. The number of hydrogen-bond donors (Lipinski definition) is 1. The fraction of sp³-hybridized carbons (Fsp3) is 0.125. The molecule has 0 amide bonds. The molecule has 0 aliphatic carbocycles. The van der Waals surface area contributed by atoms with Crippen LogP contribution in [0.3, 0.4) is 0 Å². The molecule has 0 unspecified atom stereocenters. The summed E-state index contributed by atoms with van der Waals surface area (Å²) < 4.78 is 2.04. The molecule has 0 aliphatic rings. The first kappa shape index (κ1) is 13.6. The molecule has 5 heteroatoms. The van der Waals surface area contributed by atoms with Crippen LogP contribution in [0.15, 0.2) is 48.8 Å². The van der Waals surface area contributed by atoms with E-state index in [9.17, 15) is 4.79 Å². The molecule has 21 heavy (non-hydrogen) atoms. The maximum atomic E-state index is 11.0. The molecule has 1 N–H and O–H groups in total. The van der Waals surface area contributed by atoms with Gasteiger partial charge in [0, 0.05) is 22.8 Å². The van der Waals surface area contributed by atoms with Crippen molar-refractivity contribution in [1.29, 1.82) is 0 Å². The lowest BCUT2D eigenvalue weighted by molar-refractivity contribution is 0.0702. The maximum Gasteiger partial charge on any atom is 0.345 e. The molecule has 3 aromatic rings. The van der Waals surface area contributed by atoms with Crippen molar-refractivity contribution in [3.05, 3.63) is 64.1 Å². The number of benzene rings is 1. The van der Waals surface area contributed by atoms with Crippen molar-refractivity contribution in [3.8, 4) is 11.4 Å². The lowest BCUT2D eigenvalue weighted by Crippen LogP contribution is -2.01. The Bertz CT molecular complexity index is 775. The molecule has 0 fully saturated rings. The van der Waals surface area contributed by atoms with Gasteiger partial charge in [-0.25, -0.2) is 9.78 Å². The fourth-order valence-corrected chi connectivity index (χ4v) is 3.12. The SMILES string of the molecule is Cc1sc(C(=O)O)cc1Cn1ccnc1-c1ccccc1. The van der Waals surface area contributed by atoms with Crippen molar-refractivity contribution in [2.75, 3.05) is 0 Å². The highest BCUT2D eigenvalue weighted by molar-refractivity contribution is 7.14. The van der Waals surface area contributed by atoms with Crippen molar-refractivity contribution < 1.29 is 9.90 Å². The zero-order chi connectivity index (χ0) is 14.8. The molecule has 2 aromatic heterocycles. The van der Waals surface area contributed by atoms with E-state index in [1.165, 1.54) is 11.3 Å². The summed E-state index contributed by atoms with van der Waals surface area (Å²) in [5.41, 5.74) is 2.07. The number of aromatic nitrogens is 2. The van der Waals surface area contributed by atoms with Gasteiger partial charge in [0.1, 0.15) is 10.7 Å². The number of carbonyl (C=O) groups is 1. The summed E-state index contributed by atoms with van der Waals surface area (Å²) in [5, 5.41) is 9.07. The Morgan fingerprint density at radius 2 is 2.10 bits per heavy atom. The predicted molar refractivity (Wildman–Crippen MR) is 82.8 cm³/mol. The number of rotatable bonds is 4. The van der Waals surface area contributed by atoms with Gasteiger partial charge in [-0.05, 0) is 18.6 Å². The van der Waals surface area contributed by atoms with Gasteiger partial charge in [-0.15, -0.1) is 11.3 Å². The quantitative estimate of drug-likeness (QED) is 0.799. The second-order valence-electron chi connectivity index (χ2n) is 4.74. The molecule has 3 rings (SSSR count). The Hall–Kier alpha value is -2.40. The number of thiophene rings is 1. The monoisotopic (exact) mass is 298 g/mol. The third-order valence-electron chi connectivity index (χ3n) is 3.32. The van der Waals surface area contributed by atoms with Gasteiger partial charge in [-0.1, -0.05) is 30.3 Å². The number of nitrogens with zero attached hydrogens (tertiary/aromatic N) is 2. The molecular weight excluding hydrogens is 284 g/mol. The second kappa shape index (κ2) is 5.54. The van der Waals surface area contributed by atoms with Crippen LogP contribution in [0.4, 0.5) is 0 Å². The van der Waals surface area contributed by atoms with E-state index in [4.69, 9.17) is 5.11 Å². The maximum absolute atomic E-state index is 11.0. The van der Waals surface area contributed by atoms with Crippen LogP contribution < -0.4 is 0 Å². The number of carboxylic acid groups (broad SMARTS) is 1. The Balaban J connectivity index is 1.93. The number of aryl methyl sites for hydroxylation is 1. The normalized spacial score (nSPS) is 10.7. The minimum absolute atomic E-state index is 0.379. The van der Waals surface area contributed by atoms with E-state index >= 15 is 0 Å². The molecule has 106 valence electrons. The summed E-state index contributed by atoms with van der Waals surface area (Å²) in [7, 11) is 0. The van der Waals surface area contributed by atoms with Crippen molar-refractivity contribution >= 4 is 17.3 Å². The summed E-state index contributed by atoms with van der Waals surface area (Å²) in [6.07, 6.45) is 3.68. The highest BCUT2D eigenvalue weighted by Crippen LogP contribution is 2.24. The lowest BCUT2D eigenvalue weighted by Gasteiger charge is -2.07. The summed E-state index contributed by atoms with van der Waals surface area (Å²) in [4.78, 5) is 16.9. The number of imidazole rings is 1. The molecule has 0 atom stereocenters. The van der Waals surface area contributed by atoms with Gasteiger partial charge in [-0.2, -0.15) is 0 Å². The smallest absolute Gasteiger partial charge is 0.345 e. The van der Waals surface area contributed by atoms with Gasteiger partial charge in [0.05, 0.1) is 6.54 Å². The second-order valence-corrected chi connectivity index (χ2v) is 6.00. The predicted octanol–water partition coefficient (Wildman–Crippen LogP) is 3.67. The molecule has 0 aliphatic heterocycles. The van der Waals surface area contributed by atoms with Crippen molar-refractivity contribution in [1.82, 2.24) is 9.55 Å². The van der Waals surface area contributed by atoms with Gasteiger partial charge in [0.2, 0.25) is 0 Å². The van der Waals surface area contributed by atoms with Gasteiger partial charge in [0.25, 0.3) is 0 Å². The zero-order valence-electron chi connectivity index (χ0n) is 11.5. The minimum Gasteiger partial charge on any atom is -0.477 e. The fourth-order valence-electron chi connectivity index (χ4n) is 2.25. The molecule has 0 saturated carbocycles. The van der Waals surface area contributed by atoms with E-state index in [0.29, 0.717) is 11.4 Å². The summed E-state index contributed by atoms with van der Waals surface area (Å²) in [6.45, 7) is 2.57. The minimum atomic E-state index is -0.872. The number of hydrogen-bond acceptors (Lipinski definition) is 3. The molecule has 0 spiro atoms. The standard InChI is InChI=1S/C16H14N2O2S/c1-11-13(9-14(21-11)16(19)20)10-18-8-7-17-15(18)12-5-3-2-4-6-12/h2-9H,10H2,1H3,(H,19,20). The Kier molecular flexibility index (Phi) is 3.58. The number of aromatic carboxylic acids is 1. The highest BCUT2D eigenvalue weighted by Gasteiger charge is 2.13. The molecule has 2 heterocycles. The first-order valence-corrected chi connectivity index (χ1v) is 7.36. The summed E-state index contributed by atoms with van der Waals surface area (Å²) in [5.74, 6) is 0.0151. The largest absolute Gasteiger partial charge is 0.477 e. The highest BCUT2D eigenvalue weighted by atomic mass is 32.1. The zero-order valence-corrected chi connectivity index (χ0v) is 12.3. The third kappa shape index (κ3) is 2.73. The lowest BCUT2D eigenvalue weighted by atomic mass is 10.2. The molecule has 1 aromatic carbocycles.